The van der Waals surface area contributed by atoms with Gasteiger partial charge >= 0.3 is 29.6 Å². The molecular weight excluding hydrogens is 209 g/mol. The third-order valence-corrected chi connectivity index (χ3v) is 4.95. The van der Waals surface area contributed by atoms with Gasteiger partial charge < -0.3 is 9.90 Å². The maximum Gasteiger partial charge on any atom is 1.00 e. The predicted octanol–water partition coefficient (Wildman–Crippen LogP) is -3.46. The van der Waals surface area contributed by atoms with E-state index < -0.39 is 5.97 Å². The zero-order chi connectivity index (χ0) is 9.26. The van der Waals surface area contributed by atoms with Crippen molar-refractivity contribution in [1.82, 2.24) is 5.32 Å². The summed E-state index contributed by atoms with van der Waals surface area (Å²) in [6, 6.07) is 0. The molecule has 1 unspecified atom stereocenters. The van der Waals surface area contributed by atoms with Gasteiger partial charge in [-0.05, 0) is 30.9 Å². The standard InChI is InChI=1S/C9H15NO2S.Na/c11-8(12)3-5-13-6-4-10-9(13)7-1-2-7;/h7,10H,1-6H2,(H,11,12);/q;+1/p-1. The molecule has 2 rings (SSSR count). The van der Waals surface area contributed by atoms with Crippen LogP contribution in [-0.4, -0.2) is 29.0 Å². The molecule has 0 bridgehead atoms. The molecule has 1 fully saturated rings. The fourth-order valence-electron chi connectivity index (χ4n) is 1.65. The number of aliphatic carboxylic acids is 1. The van der Waals surface area contributed by atoms with Crippen molar-refractivity contribution in [2.24, 2.45) is 5.92 Å². The molecule has 0 spiro atoms. The summed E-state index contributed by atoms with van der Waals surface area (Å²) < 4.78 is 0. The van der Waals surface area contributed by atoms with Gasteiger partial charge in [-0.15, -0.1) is 0 Å². The summed E-state index contributed by atoms with van der Waals surface area (Å²) in [6.07, 6.45) is 2.83. The van der Waals surface area contributed by atoms with Crippen molar-refractivity contribution in [2.45, 2.75) is 19.3 Å². The summed E-state index contributed by atoms with van der Waals surface area (Å²) in [7, 11) is 0.231. The Morgan fingerprint density at radius 2 is 2.29 bits per heavy atom. The number of hydrogen-bond acceptors (Lipinski definition) is 3. The van der Waals surface area contributed by atoms with E-state index in [2.05, 4.69) is 5.32 Å². The fourth-order valence-corrected chi connectivity index (χ4v) is 4.07. The molecule has 1 N–H and O–H groups in total. The fraction of sp³-hybridized carbons (Fsp3) is 0.778. The summed E-state index contributed by atoms with van der Waals surface area (Å²) in [5, 5.41) is 13.7. The second-order valence-electron chi connectivity index (χ2n) is 3.59. The predicted molar refractivity (Wildman–Crippen MR) is 52.7 cm³/mol. The number of rotatable bonds is 4. The van der Waals surface area contributed by atoms with Crippen LogP contribution in [0.15, 0.2) is 0 Å². The third-order valence-electron chi connectivity index (χ3n) is 2.46. The van der Waals surface area contributed by atoms with E-state index in [1.54, 1.807) is 0 Å². The summed E-state index contributed by atoms with van der Waals surface area (Å²) in [5.41, 5.74) is 0. The molecule has 14 heavy (non-hydrogen) atoms. The van der Waals surface area contributed by atoms with E-state index in [0.29, 0.717) is 0 Å². The number of carboxylic acid groups (broad SMARTS) is 1. The van der Waals surface area contributed by atoms with Crippen LogP contribution in [0.4, 0.5) is 0 Å². The van der Waals surface area contributed by atoms with Crippen molar-refractivity contribution in [1.29, 1.82) is 0 Å². The van der Waals surface area contributed by atoms with Crippen molar-refractivity contribution in [3.05, 3.63) is 0 Å². The Bertz CT molecular complexity index is 264. The van der Waals surface area contributed by atoms with Crippen LogP contribution in [0.25, 0.3) is 0 Å². The average Bonchev–Trinajstić information content (AvgIpc) is 2.82. The molecule has 0 amide bonds. The summed E-state index contributed by atoms with van der Waals surface area (Å²) in [6.45, 7) is 1.04. The molecule has 1 atom stereocenters. The zero-order valence-corrected chi connectivity index (χ0v) is 11.4. The van der Waals surface area contributed by atoms with E-state index in [4.69, 9.17) is 0 Å². The topological polar surface area (TPSA) is 52.2 Å². The van der Waals surface area contributed by atoms with Crippen molar-refractivity contribution < 1.29 is 39.5 Å². The van der Waals surface area contributed by atoms with Crippen molar-refractivity contribution in [2.75, 3.05) is 18.1 Å². The van der Waals surface area contributed by atoms with Gasteiger partial charge in [-0.1, -0.05) is 0 Å². The van der Waals surface area contributed by atoms with Crippen LogP contribution in [0.5, 0.6) is 0 Å². The Kier molecular flexibility index (Phi) is 5.14. The normalized spacial score (nSPS) is 26.0. The molecule has 0 radical (unpaired) electrons. The van der Waals surface area contributed by atoms with Gasteiger partial charge in [-0.2, -0.15) is 10.5 Å². The summed E-state index contributed by atoms with van der Waals surface area (Å²) in [5.74, 6) is 1.79. The Labute approximate surface area is 109 Å². The minimum Gasteiger partial charge on any atom is -0.550 e. The summed E-state index contributed by atoms with van der Waals surface area (Å²) in [4.78, 5) is 11.8. The smallest absolute Gasteiger partial charge is 0.550 e. The first-order chi connectivity index (χ1) is 6.27. The first-order valence-electron chi connectivity index (χ1n) is 4.75. The van der Waals surface area contributed by atoms with Crippen LogP contribution >= 0.6 is 10.5 Å². The summed E-state index contributed by atoms with van der Waals surface area (Å²) >= 11 is 0. The van der Waals surface area contributed by atoms with Crippen LogP contribution in [0.2, 0.25) is 0 Å². The Morgan fingerprint density at radius 3 is 2.86 bits per heavy atom. The molecule has 0 aromatic heterocycles. The first kappa shape index (κ1) is 12.7. The molecule has 1 aliphatic heterocycles. The number of carbonyl (C=O) groups excluding carboxylic acids is 1. The first-order valence-corrected chi connectivity index (χ1v) is 6.31. The number of nitrogens with one attached hydrogen (secondary N) is 1. The molecule has 2 aliphatic rings. The van der Waals surface area contributed by atoms with Gasteiger partial charge in [0.1, 0.15) is 0 Å². The van der Waals surface area contributed by atoms with Gasteiger partial charge in [0.2, 0.25) is 0 Å². The maximum absolute atomic E-state index is 10.3. The Hall–Kier alpha value is 0.650. The zero-order valence-electron chi connectivity index (χ0n) is 8.54. The number of carboxylic acids is 1. The third kappa shape index (κ3) is 3.35. The Balaban J connectivity index is 0.000000980. The molecule has 0 aromatic carbocycles. The maximum atomic E-state index is 10.3. The van der Waals surface area contributed by atoms with Gasteiger partial charge in [0, 0.05) is 23.3 Å². The number of hydrogen-bond donors (Lipinski definition) is 1. The molecule has 3 nitrogen and oxygen atoms in total. The molecule has 0 saturated heterocycles. The van der Waals surface area contributed by atoms with Crippen molar-refractivity contribution in [3.8, 4) is 0 Å². The van der Waals surface area contributed by atoms with Crippen LogP contribution in [0, 0.1) is 5.92 Å². The van der Waals surface area contributed by atoms with Gasteiger partial charge in [0.25, 0.3) is 0 Å². The van der Waals surface area contributed by atoms with E-state index in [9.17, 15) is 9.90 Å². The molecule has 74 valence electrons. The largest absolute Gasteiger partial charge is 1.00 e. The van der Waals surface area contributed by atoms with Crippen LogP contribution < -0.4 is 40.0 Å². The van der Waals surface area contributed by atoms with Gasteiger partial charge in [-0.25, -0.2) is 0 Å². The van der Waals surface area contributed by atoms with Gasteiger partial charge in [0.15, 0.2) is 0 Å². The van der Waals surface area contributed by atoms with Crippen LogP contribution in [0.3, 0.4) is 0 Å². The van der Waals surface area contributed by atoms with Crippen LogP contribution in [-0.2, 0) is 4.79 Å². The second-order valence-corrected chi connectivity index (χ2v) is 5.83. The minimum absolute atomic E-state index is 0. The molecule has 1 heterocycles. The molecule has 1 saturated carbocycles. The molecule has 0 aromatic rings. The van der Waals surface area contributed by atoms with Gasteiger partial charge in [-0.3, -0.25) is 5.32 Å². The number of carbonyl (C=O) groups is 1. The van der Waals surface area contributed by atoms with Crippen molar-refractivity contribution in [3.63, 3.8) is 0 Å². The van der Waals surface area contributed by atoms with Crippen LogP contribution in [0.1, 0.15) is 19.3 Å². The molecule has 1 aliphatic carbocycles. The van der Waals surface area contributed by atoms with Gasteiger partial charge in [0.05, 0.1) is 0 Å². The molecule has 5 heteroatoms. The van der Waals surface area contributed by atoms with E-state index in [-0.39, 0.29) is 46.5 Å². The SMILES string of the molecule is O=C([O-])CCS1=C(C2CC2)NCC1.[Na+]. The van der Waals surface area contributed by atoms with E-state index >= 15 is 0 Å². The van der Waals surface area contributed by atoms with E-state index in [0.717, 1.165) is 24.0 Å². The van der Waals surface area contributed by atoms with Crippen molar-refractivity contribution >= 4 is 21.4 Å². The Morgan fingerprint density at radius 1 is 1.57 bits per heavy atom. The van der Waals surface area contributed by atoms with E-state index in [1.807, 2.05) is 0 Å². The second kappa shape index (κ2) is 5.66. The molecular formula is C9H14NNaO2S. The quantitative estimate of drug-likeness (QED) is 0.398. The average molecular weight is 223 g/mol. The monoisotopic (exact) mass is 223 g/mol. The van der Waals surface area contributed by atoms with E-state index in [1.165, 1.54) is 17.8 Å². The minimum atomic E-state index is -0.908.